The van der Waals surface area contributed by atoms with Crippen LogP contribution in [0.25, 0.3) is 10.8 Å². The van der Waals surface area contributed by atoms with E-state index < -0.39 is 11.6 Å². The van der Waals surface area contributed by atoms with Crippen molar-refractivity contribution in [2.45, 2.75) is 27.2 Å². The fourth-order valence-electron chi connectivity index (χ4n) is 1.53. The van der Waals surface area contributed by atoms with Gasteiger partial charge in [-0.15, -0.1) is 0 Å². The summed E-state index contributed by atoms with van der Waals surface area (Å²) in [6.07, 6.45) is 3.79. The van der Waals surface area contributed by atoms with Crippen molar-refractivity contribution in [3.05, 3.63) is 41.7 Å². The van der Waals surface area contributed by atoms with Crippen LogP contribution >= 0.6 is 0 Å². The molecule has 1 aromatic carbocycles. The molecule has 16 heavy (non-hydrogen) atoms. The van der Waals surface area contributed by atoms with Crippen molar-refractivity contribution < 1.29 is 8.78 Å². The molecule has 86 valence electrons. The monoisotopic (exact) mass is 223 g/mol. The fourth-order valence-corrected chi connectivity index (χ4v) is 1.53. The van der Waals surface area contributed by atoms with Gasteiger partial charge in [0.05, 0.1) is 0 Å². The molecule has 0 unspecified atom stereocenters. The van der Waals surface area contributed by atoms with Gasteiger partial charge in [0.1, 0.15) is 0 Å². The SMILES string of the molecule is CC.CCc1cncc2c(F)c(F)ccc12. The Labute approximate surface area is 94.1 Å². The quantitative estimate of drug-likeness (QED) is 0.709. The highest BCUT2D eigenvalue weighted by molar-refractivity contribution is 5.85. The zero-order chi connectivity index (χ0) is 12.1. The summed E-state index contributed by atoms with van der Waals surface area (Å²) in [5.74, 6) is -1.64. The summed E-state index contributed by atoms with van der Waals surface area (Å²) in [5.41, 5.74) is 0.932. The van der Waals surface area contributed by atoms with E-state index in [2.05, 4.69) is 4.98 Å². The standard InChI is InChI=1S/C11H9F2N.C2H6/c1-2-7-5-14-6-9-8(7)3-4-10(12)11(9)13;1-2/h3-6H,2H2,1H3;1-2H3. The summed E-state index contributed by atoms with van der Waals surface area (Å²) in [6.45, 7) is 5.96. The van der Waals surface area contributed by atoms with E-state index in [-0.39, 0.29) is 5.39 Å². The largest absolute Gasteiger partial charge is 0.264 e. The second kappa shape index (κ2) is 5.54. The summed E-state index contributed by atoms with van der Waals surface area (Å²) in [4.78, 5) is 3.88. The van der Waals surface area contributed by atoms with Crippen LogP contribution in [-0.2, 0) is 6.42 Å². The molecule has 0 saturated carbocycles. The van der Waals surface area contributed by atoms with Gasteiger partial charge in [0.2, 0.25) is 0 Å². The summed E-state index contributed by atoms with van der Waals surface area (Å²) in [5, 5.41) is 0.991. The van der Waals surface area contributed by atoms with E-state index in [0.717, 1.165) is 23.4 Å². The lowest BCUT2D eigenvalue weighted by molar-refractivity contribution is 0.517. The number of rotatable bonds is 1. The number of halogens is 2. The lowest BCUT2D eigenvalue weighted by Crippen LogP contribution is -1.91. The maximum absolute atomic E-state index is 13.3. The highest BCUT2D eigenvalue weighted by Gasteiger charge is 2.08. The van der Waals surface area contributed by atoms with E-state index in [1.165, 1.54) is 6.20 Å². The number of hydrogen-bond donors (Lipinski definition) is 0. The summed E-state index contributed by atoms with van der Waals surface area (Å²) >= 11 is 0. The van der Waals surface area contributed by atoms with Crippen molar-refractivity contribution in [2.75, 3.05) is 0 Å². The van der Waals surface area contributed by atoms with Crippen LogP contribution in [0.4, 0.5) is 8.78 Å². The van der Waals surface area contributed by atoms with Crippen molar-refractivity contribution in [1.82, 2.24) is 4.98 Å². The van der Waals surface area contributed by atoms with Gasteiger partial charge in [-0.25, -0.2) is 8.78 Å². The summed E-state index contributed by atoms with van der Waals surface area (Å²) < 4.78 is 26.2. The molecule has 0 N–H and O–H groups in total. The van der Waals surface area contributed by atoms with Crippen LogP contribution in [0.1, 0.15) is 26.3 Å². The van der Waals surface area contributed by atoms with Crippen LogP contribution in [0.3, 0.4) is 0 Å². The Hall–Kier alpha value is -1.51. The molecule has 1 aromatic heterocycles. The second-order valence-electron chi connectivity index (χ2n) is 3.11. The molecule has 0 aliphatic carbocycles. The first-order valence-corrected chi connectivity index (χ1v) is 5.44. The molecule has 0 aliphatic rings. The third-order valence-corrected chi connectivity index (χ3v) is 2.29. The van der Waals surface area contributed by atoms with Crippen LogP contribution in [0.5, 0.6) is 0 Å². The van der Waals surface area contributed by atoms with Gasteiger partial charge in [0.15, 0.2) is 11.6 Å². The molecule has 0 saturated heterocycles. The molecule has 3 heteroatoms. The predicted octanol–water partition coefficient (Wildman–Crippen LogP) is 4.10. The first-order chi connectivity index (χ1) is 7.74. The molecule has 0 bridgehead atoms. The Balaban J connectivity index is 0.000000606. The van der Waals surface area contributed by atoms with Gasteiger partial charge >= 0.3 is 0 Å². The molecule has 0 fully saturated rings. The number of fused-ring (bicyclic) bond motifs is 1. The molecular formula is C13H15F2N. The van der Waals surface area contributed by atoms with Crippen LogP contribution in [0.2, 0.25) is 0 Å². The molecular weight excluding hydrogens is 208 g/mol. The Morgan fingerprint density at radius 2 is 1.75 bits per heavy atom. The van der Waals surface area contributed by atoms with Crippen LogP contribution in [0.15, 0.2) is 24.5 Å². The molecule has 0 aliphatic heterocycles. The van der Waals surface area contributed by atoms with Crippen molar-refractivity contribution in [3.63, 3.8) is 0 Å². The Morgan fingerprint density at radius 3 is 2.38 bits per heavy atom. The van der Waals surface area contributed by atoms with Gasteiger partial charge < -0.3 is 0 Å². The number of benzene rings is 1. The zero-order valence-electron chi connectivity index (χ0n) is 9.72. The first kappa shape index (κ1) is 12.6. The van der Waals surface area contributed by atoms with E-state index in [9.17, 15) is 8.78 Å². The highest BCUT2D eigenvalue weighted by Crippen LogP contribution is 2.22. The van der Waals surface area contributed by atoms with Crippen LogP contribution in [0, 0.1) is 11.6 Å². The Kier molecular flexibility index (Phi) is 4.35. The van der Waals surface area contributed by atoms with E-state index in [4.69, 9.17) is 0 Å². The van der Waals surface area contributed by atoms with Crippen molar-refractivity contribution >= 4 is 10.8 Å². The number of pyridine rings is 1. The van der Waals surface area contributed by atoms with E-state index in [1.54, 1.807) is 12.3 Å². The number of aromatic nitrogens is 1. The van der Waals surface area contributed by atoms with Crippen molar-refractivity contribution in [1.29, 1.82) is 0 Å². The molecule has 0 radical (unpaired) electrons. The van der Waals surface area contributed by atoms with Gasteiger partial charge in [0, 0.05) is 17.8 Å². The number of nitrogens with zero attached hydrogens (tertiary/aromatic N) is 1. The molecule has 0 spiro atoms. The van der Waals surface area contributed by atoms with Crippen molar-refractivity contribution in [2.24, 2.45) is 0 Å². The highest BCUT2D eigenvalue weighted by atomic mass is 19.2. The minimum Gasteiger partial charge on any atom is -0.264 e. The molecule has 1 nitrogen and oxygen atoms in total. The van der Waals surface area contributed by atoms with Gasteiger partial charge in [0.25, 0.3) is 0 Å². The third kappa shape index (κ3) is 2.18. The number of hydrogen-bond acceptors (Lipinski definition) is 1. The zero-order valence-corrected chi connectivity index (χ0v) is 9.72. The van der Waals surface area contributed by atoms with E-state index in [0.29, 0.717) is 0 Å². The van der Waals surface area contributed by atoms with E-state index >= 15 is 0 Å². The number of aryl methyl sites for hydroxylation is 1. The van der Waals surface area contributed by atoms with Crippen molar-refractivity contribution in [3.8, 4) is 0 Å². The molecule has 0 amide bonds. The minimum atomic E-state index is -0.826. The molecule has 2 rings (SSSR count). The average Bonchev–Trinajstić information content (AvgIpc) is 2.36. The van der Waals surface area contributed by atoms with Gasteiger partial charge in [-0.05, 0) is 23.4 Å². The summed E-state index contributed by atoms with van der Waals surface area (Å²) in [7, 11) is 0. The second-order valence-corrected chi connectivity index (χ2v) is 3.11. The lowest BCUT2D eigenvalue weighted by atomic mass is 10.1. The normalized spacial score (nSPS) is 9.81. The van der Waals surface area contributed by atoms with Gasteiger partial charge in [-0.2, -0.15) is 0 Å². The maximum Gasteiger partial charge on any atom is 0.168 e. The molecule has 0 atom stereocenters. The van der Waals surface area contributed by atoms with E-state index in [1.807, 2.05) is 20.8 Å². The lowest BCUT2D eigenvalue weighted by Gasteiger charge is -2.04. The summed E-state index contributed by atoms with van der Waals surface area (Å²) in [6, 6.07) is 2.74. The Morgan fingerprint density at radius 1 is 1.06 bits per heavy atom. The van der Waals surface area contributed by atoms with Crippen LogP contribution in [-0.4, -0.2) is 4.98 Å². The fraction of sp³-hybridized carbons (Fsp3) is 0.308. The van der Waals surface area contributed by atoms with Gasteiger partial charge in [-0.1, -0.05) is 26.8 Å². The molecule has 2 aromatic rings. The topological polar surface area (TPSA) is 12.9 Å². The van der Waals surface area contributed by atoms with Crippen LogP contribution < -0.4 is 0 Å². The maximum atomic E-state index is 13.3. The smallest absolute Gasteiger partial charge is 0.168 e. The minimum absolute atomic E-state index is 0.254. The Bertz CT molecular complexity index is 481. The van der Waals surface area contributed by atoms with Gasteiger partial charge in [-0.3, -0.25) is 4.98 Å². The average molecular weight is 223 g/mol. The molecule has 1 heterocycles. The predicted molar refractivity (Wildman–Crippen MR) is 62.4 cm³/mol. The first-order valence-electron chi connectivity index (χ1n) is 5.44. The third-order valence-electron chi connectivity index (χ3n) is 2.29.